The van der Waals surface area contributed by atoms with Gasteiger partial charge in [-0.1, -0.05) is 0 Å². The summed E-state index contributed by atoms with van der Waals surface area (Å²) < 4.78 is 0. The minimum Gasteiger partial charge on any atom is -1.00 e. The largest absolute Gasteiger partial charge is 2.00 e. The maximum atomic E-state index is 9.24. The molecule has 6 N–H and O–H groups in total. The zero-order valence-corrected chi connectivity index (χ0v) is 10.1. The Bertz CT molecular complexity index is 113. The Balaban J connectivity index is -0.0000000267. The number of carbonyl (C=O) groups is 2. The van der Waals surface area contributed by atoms with E-state index in [9.17, 15) is 9.59 Å². The van der Waals surface area contributed by atoms with Crippen LogP contribution in [0.2, 0.25) is 0 Å². The molecule has 0 aromatic rings. The first kappa shape index (κ1) is 29.2. The van der Waals surface area contributed by atoms with Crippen molar-refractivity contribution in [3.63, 3.8) is 0 Å². The normalized spacial score (nSPS) is 5.69. The minimum atomic E-state index is -0.968. The molecule has 13 heavy (non-hydrogen) atoms. The van der Waals surface area contributed by atoms with Gasteiger partial charge in [-0.2, -0.15) is 0 Å². The Morgan fingerprint density at radius 3 is 1.00 bits per heavy atom. The number of nitrogens with two attached hydrogens (primary N) is 2. The molecule has 0 fully saturated rings. The third kappa shape index (κ3) is 73.0. The van der Waals surface area contributed by atoms with Crippen molar-refractivity contribution in [2.75, 3.05) is 13.1 Å². The summed E-state index contributed by atoms with van der Waals surface area (Å²) in [5.41, 5.74) is 9.14. The number of rotatable bonds is 2. The van der Waals surface area contributed by atoms with Gasteiger partial charge in [-0.05, 0) is 0 Å². The number of aliphatic carboxylic acids is 2. The Labute approximate surface area is 102 Å². The van der Waals surface area contributed by atoms with Gasteiger partial charge in [0, 0.05) is 0 Å². The van der Waals surface area contributed by atoms with E-state index in [1.165, 1.54) is 0 Å². The number of halogens is 2. The van der Waals surface area contributed by atoms with E-state index < -0.39 is 11.9 Å². The molecule has 0 aliphatic carbocycles. The van der Waals surface area contributed by atoms with E-state index in [0.717, 1.165) is 0 Å². The Hall–Kier alpha value is 0.128. The molecule has 0 heterocycles. The summed E-state index contributed by atoms with van der Waals surface area (Å²) in [6, 6.07) is 0. The third-order valence-electron chi connectivity index (χ3n) is 0.349. The average molecular weight is 416 g/mol. The Morgan fingerprint density at radius 1 is 0.923 bits per heavy atom. The quantitative estimate of drug-likeness (QED) is 0.355. The summed E-state index contributed by atoms with van der Waals surface area (Å²) in [6.07, 6.45) is 0. The van der Waals surface area contributed by atoms with Crippen LogP contribution >= 0.6 is 0 Å². The first-order valence-corrected chi connectivity index (χ1v) is 2.38. The van der Waals surface area contributed by atoms with Crippen LogP contribution in [0.1, 0.15) is 0 Å². The van der Waals surface area contributed by atoms with Gasteiger partial charge in [0.1, 0.15) is 0 Å². The second-order valence-electron chi connectivity index (χ2n) is 1.20. The van der Waals surface area contributed by atoms with Gasteiger partial charge in [-0.25, -0.2) is 0 Å². The first-order valence-electron chi connectivity index (χ1n) is 2.38. The van der Waals surface area contributed by atoms with Gasteiger partial charge in [0.15, 0.2) is 0 Å². The predicted molar refractivity (Wildman–Crippen MR) is 33.4 cm³/mol. The van der Waals surface area contributed by atoms with Crippen molar-refractivity contribution < 1.29 is 65.7 Å². The summed E-state index contributed by atoms with van der Waals surface area (Å²) in [5.74, 6) is -1.94. The van der Waals surface area contributed by atoms with Crippen molar-refractivity contribution in [3.05, 3.63) is 0 Å². The standard InChI is InChI=1S/2C2H5NO2.2ClH.Pt/c2*3-1-2(4)5;;;/h2*1,3H2,(H,4,5);2*1H;/q;;;;+2/p-2. The van der Waals surface area contributed by atoms with Crippen molar-refractivity contribution >= 4 is 11.9 Å². The number of carboxylic acids is 2. The van der Waals surface area contributed by atoms with Gasteiger partial charge in [0.25, 0.3) is 0 Å². The second-order valence-corrected chi connectivity index (χ2v) is 1.20. The van der Waals surface area contributed by atoms with Crippen LogP contribution in [0.4, 0.5) is 0 Å². The summed E-state index contributed by atoms with van der Waals surface area (Å²) >= 11 is 0. The molecule has 0 aliphatic rings. The molecule has 0 spiro atoms. The molecule has 0 amide bonds. The van der Waals surface area contributed by atoms with Crippen molar-refractivity contribution in [2.45, 2.75) is 0 Å². The number of hydrogen-bond donors (Lipinski definition) is 4. The van der Waals surface area contributed by atoms with Crippen LogP contribution in [0, 0.1) is 0 Å². The van der Waals surface area contributed by atoms with E-state index in [0.29, 0.717) is 0 Å². The number of carboxylic acid groups (broad SMARTS) is 2. The summed E-state index contributed by atoms with van der Waals surface area (Å²) in [6.45, 7) is -0.556. The molecule has 0 radical (unpaired) electrons. The fourth-order valence-corrected chi connectivity index (χ4v) is 0. The van der Waals surface area contributed by atoms with Crippen molar-refractivity contribution in [1.29, 1.82) is 0 Å². The smallest absolute Gasteiger partial charge is 1.00 e. The van der Waals surface area contributed by atoms with Gasteiger partial charge in [0.2, 0.25) is 0 Å². The van der Waals surface area contributed by atoms with E-state index in [-0.39, 0.29) is 59.0 Å². The van der Waals surface area contributed by atoms with Crippen LogP contribution in [0.15, 0.2) is 0 Å². The zero-order chi connectivity index (χ0) is 8.57. The van der Waals surface area contributed by atoms with Gasteiger partial charge < -0.3 is 46.5 Å². The molecule has 0 bridgehead atoms. The van der Waals surface area contributed by atoms with E-state index in [1.54, 1.807) is 0 Å². The zero-order valence-electron chi connectivity index (χ0n) is 6.35. The van der Waals surface area contributed by atoms with E-state index in [4.69, 9.17) is 10.2 Å². The Kier molecular flexibility index (Phi) is 51.1. The van der Waals surface area contributed by atoms with Crippen LogP contribution < -0.4 is 36.3 Å². The summed E-state index contributed by atoms with van der Waals surface area (Å²) in [7, 11) is 0. The molecule has 84 valence electrons. The van der Waals surface area contributed by atoms with E-state index >= 15 is 0 Å². The van der Waals surface area contributed by atoms with Crippen LogP contribution in [0.25, 0.3) is 0 Å². The second kappa shape index (κ2) is 22.7. The monoisotopic (exact) mass is 415 g/mol. The van der Waals surface area contributed by atoms with Crippen LogP contribution in [-0.4, -0.2) is 35.2 Å². The SMILES string of the molecule is NCC(=O)O.NCC(=O)O.[Cl-].[Cl-].[Pt+2]. The fraction of sp³-hybridized carbons (Fsp3) is 0.500. The molecule has 6 nitrogen and oxygen atoms in total. The molecule has 0 aliphatic heterocycles. The molecule has 0 aromatic carbocycles. The van der Waals surface area contributed by atoms with E-state index in [1.807, 2.05) is 0 Å². The molecular weight excluding hydrogens is 406 g/mol. The van der Waals surface area contributed by atoms with Gasteiger partial charge in [-0.15, -0.1) is 0 Å². The predicted octanol–water partition coefficient (Wildman–Crippen LogP) is -7.94. The van der Waals surface area contributed by atoms with Gasteiger partial charge in [0.05, 0.1) is 13.1 Å². The van der Waals surface area contributed by atoms with Crippen molar-refractivity contribution in [1.82, 2.24) is 0 Å². The summed E-state index contributed by atoms with van der Waals surface area (Å²) in [4.78, 5) is 18.5. The maximum absolute atomic E-state index is 9.24. The minimum absolute atomic E-state index is 0. The molecule has 0 atom stereocenters. The molecular formula is C4H10Cl2N2O4Pt. The van der Waals surface area contributed by atoms with Crippen molar-refractivity contribution in [2.24, 2.45) is 11.5 Å². The molecule has 0 rings (SSSR count). The topological polar surface area (TPSA) is 127 Å². The molecule has 9 heteroatoms. The molecule has 0 saturated heterocycles. The Morgan fingerprint density at radius 2 is 1.00 bits per heavy atom. The van der Waals surface area contributed by atoms with Crippen LogP contribution in [-0.2, 0) is 30.7 Å². The molecule has 0 unspecified atom stereocenters. The molecule has 0 aromatic heterocycles. The third-order valence-corrected chi connectivity index (χ3v) is 0.349. The van der Waals surface area contributed by atoms with Crippen molar-refractivity contribution in [3.8, 4) is 0 Å². The van der Waals surface area contributed by atoms with Crippen LogP contribution in [0.3, 0.4) is 0 Å². The van der Waals surface area contributed by atoms with Gasteiger partial charge >= 0.3 is 33.0 Å². The molecule has 0 saturated carbocycles. The number of hydrogen-bond acceptors (Lipinski definition) is 4. The van der Waals surface area contributed by atoms with Gasteiger partial charge in [-0.3, -0.25) is 9.59 Å². The van der Waals surface area contributed by atoms with Crippen LogP contribution in [0.5, 0.6) is 0 Å². The average Bonchev–Trinajstić information content (AvgIpc) is 1.89. The van der Waals surface area contributed by atoms with E-state index in [2.05, 4.69) is 11.5 Å². The first-order chi connectivity index (χ1) is 4.54. The maximum Gasteiger partial charge on any atom is 2.00 e. The fourth-order valence-electron chi connectivity index (χ4n) is 0. The summed E-state index contributed by atoms with van der Waals surface area (Å²) in [5, 5.41) is 15.2.